The minimum Gasteiger partial charge on any atom is -0.481 e. The lowest BCUT2D eigenvalue weighted by Crippen LogP contribution is -2.32. The number of anilines is 1. The van der Waals surface area contributed by atoms with Crippen LogP contribution in [-0.2, 0) is 4.79 Å². The molecule has 88 valence electrons. The van der Waals surface area contributed by atoms with Crippen molar-refractivity contribution in [3.63, 3.8) is 0 Å². The maximum atomic E-state index is 10.6. The highest BCUT2D eigenvalue weighted by atomic mass is 79.9. The van der Waals surface area contributed by atoms with Crippen molar-refractivity contribution in [2.75, 3.05) is 11.9 Å². The fourth-order valence-electron chi connectivity index (χ4n) is 1.18. The van der Waals surface area contributed by atoms with E-state index < -0.39 is 5.97 Å². The van der Waals surface area contributed by atoms with E-state index >= 15 is 0 Å². The third-order valence-electron chi connectivity index (χ3n) is 2.16. The Balaban J connectivity index is 2.90. The first-order chi connectivity index (χ1) is 7.41. The molecule has 7 heteroatoms. The lowest BCUT2D eigenvalue weighted by atomic mass is 10.2. The summed E-state index contributed by atoms with van der Waals surface area (Å²) in [6.45, 7) is 1.80. The molecule has 0 saturated heterocycles. The van der Waals surface area contributed by atoms with Gasteiger partial charge in [0.1, 0.15) is 5.82 Å². The number of halogens is 2. The third kappa shape index (κ3) is 3.31. The first-order valence-electron chi connectivity index (χ1n) is 4.54. The van der Waals surface area contributed by atoms with Gasteiger partial charge in [0, 0.05) is 19.3 Å². The zero-order valence-corrected chi connectivity index (χ0v) is 11.2. The number of carboxylic acids is 1. The first-order valence-corrected chi connectivity index (χ1v) is 5.71. The Morgan fingerprint density at radius 2 is 2.38 bits per heavy atom. The van der Waals surface area contributed by atoms with Crippen LogP contribution in [-0.4, -0.2) is 34.1 Å². The second-order valence-corrected chi connectivity index (χ2v) is 4.56. The lowest BCUT2D eigenvalue weighted by Gasteiger charge is -2.25. The van der Waals surface area contributed by atoms with Crippen LogP contribution in [0.25, 0.3) is 0 Å². The van der Waals surface area contributed by atoms with Crippen LogP contribution in [0.3, 0.4) is 0 Å². The number of rotatable bonds is 4. The quantitative estimate of drug-likeness (QED) is 0.864. The second kappa shape index (κ2) is 5.45. The van der Waals surface area contributed by atoms with Crippen molar-refractivity contribution in [3.05, 3.63) is 16.0 Å². The number of aliphatic carboxylic acids is 1. The highest BCUT2D eigenvalue weighted by Gasteiger charge is 2.17. The molecule has 0 amide bonds. The van der Waals surface area contributed by atoms with Gasteiger partial charge in [0.05, 0.1) is 10.9 Å². The molecular formula is C9H11BrClN3O2. The number of carbonyl (C=O) groups is 1. The summed E-state index contributed by atoms with van der Waals surface area (Å²) in [6.07, 6.45) is 1.57. The summed E-state index contributed by atoms with van der Waals surface area (Å²) >= 11 is 8.98. The van der Waals surface area contributed by atoms with E-state index in [1.807, 2.05) is 0 Å². The molecule has 0 aliphatic heterocycles. The molecule has 0 radical (unpaired) electrons. The van der Waals surface area contributed by atoms with Crippen molar-refractivity contribution < 1.29 is 9.90 Å². The smallest absolute Gasteiger partial charge is 0.305 e. The normalized spacial score (nSPS) is 12.2. The van der Waals surface area contributed by atoms with Gasteiger partial charge in [0.15, 0.2) is 0 Å². The molecule has 1 heterocycles. The van der Waals surface area contributed by atoms with Gasteiger partial charge in [-0.3, -0.25) is 4.79 Å². The predicted octanol–water partition coefficient (Wildman–Crippen LogP) is 2.19. The van der Waals surface area contributed by atoms with E-state index in [0.717, 1.165) is 0 Å². The predicted molar refractivity (Wildman–Crippen MR) is 64.9 cm³/mol. The SMILES string of the molecule is CC(CC(=O)O)N(C)c1nc(Cl)ncc1Br. The minimum absolute atomic E-state index is 0.0323. The fraction of sp³-hybridized carbons (Fsp3) is 0.444. The summed E-state index contributed by atoms with van der Waals surface area (Å²) in [6, 6.07) is -0.181. The van der Waals surface area contributed by atoms with Crippen LogP contribution in [0.4, 0.5) is 5.82 Å². The van der Waals surface area contributed by atoms with Gasteiger partial charge in [-0.15, -0.1) is 0 Å². The monoisotopic (exact) mass is 307 g/mol. The highest BCUT2D eigenvalue weighted by molar-refractivity contribution is 9.10. The van der Waals surface area contributed by atoms with Crippen LogP contribution < -0.4 is 4.90 Å². The maximum absolute atomic E-state index is 10.6. The molecule has 1 N–H and O–H groups in total. The zero-order chi connectivity index (χ0) is 12.3. The molecule has 0 saturated carbocycles. The van der Waals surface area contributed by atoms with Crippen molar-refractivity contribution >= 4 is 39.3 Å². The van der Waals surface area contributed by atoms with Crippen LogP contribution >= 0.6 is 27.5 Å². The number of hydrogen-bond acceptors (Lipinski definition) is 4. The summed E-state index contributed by atoms with van der Waals surface area (Å²) < 4.78 is 0.677. The maximum Gasteiger partial charge on any atom is 0.305 e. The Hall–Kier alpha value is -0.880. The van der Waals surface area contributed by atoms with E-state index in [9.17, 15) is 4.79 Å². The summed E-state index contributed by atoms with van der Waals surface area (Å²) in [5.41, 5.74) is 0. The van der Waals surface area contributed by atoms with Gasteiger partial charge in [0.25, 0.3) is 0 Å². The molecular weight excluding hydrogens is 297 g/mol. The summed E-state index contributed by atoms with van der Waals surface area (Å²) in [5.74, 6) is -0.274. The molecule has 1 aromatic rings. The van der Waals surface area contributed by atoms with Gasteiger partial charge in [-0.1, -0.05) is 0 Å². The number of nitrogens with zero attached hydrogens (tertiary/aromatic N) is 3. The van der Waals surface area contributed by atoms with Gasteiger partial charge >= 0.3 is 5.97 Å². The van der Waals surface area contributed by atoms with E-state index in [2.05, 4.69) is 25.9 Å². The van der Waals surface area contributed by atoms with E-state index in [0.29, 0.717) is 10.3 Å². The van der Waals surface area contributed by atoms with Crippen LogP contribution in [0.15, 0.2) is 10.7 Å². The van der Waals surface area contributed by atoms with Gasteiger partial charge in [-0.2, -0.15) is 4.98 Å². The van der Waals surface area contributed by atoms with Gasteiger partial charge in [-0.25, -0.2) is 4.98 Å². The van der Waals surface area contributed by atoms with E-state index in [1.54, 1.807) is 18.9 Å². The molecule has 0 aromatic carbocycles. The molecule has 1 aromatic heterocycles. The van der Waals surface area contributed by atoms with Gasteiger partial charge < -0.3 is 10.0 Å². The average molecular weight is 309 g/mol. The Labute approximate surface area is 107 Å². The molecule has 0 bridgehead atoms. The van der Waals surface area contributed by atoms with Crippen LogP contribution in [0.1, 0.15) is 13.3 Å². The molecule has 0 spiro atoms. The van der Waals surface area contributed by atoms with Gasteiger partial charge in [0.2, 0.25) is 5.28 Å². The number of hydrogen-bond donors (Lipinski definition) is 1. The standard InChI is InChI=1S/C9H11BrClN3O2/c1-5(3-7(15)16)14(2)8-6(10)4-12-9(11)13-8/h4-5H,3H2,1-2H3,(H,15,16). The topological polar surface area (TPSA) is 66.3 Å². The molecule has 1 rings (SSSR count). The van der Waals surface area contributed by atoms with Crippen molar-refractivity contribution in [3.8, 4) is 0 Å². The zero-order valence-electron chi connectivity index (χ0n) is 8.81. The second-order valence-electron chi connectivity index (χ2n) is 3.37. The van der Waals surface area contributed by atoms with Crippen molar-refractivity contribution in [2.24, 2.45) is 0 Å². The molecule has 5 nitrogen and oxygen atoms in total. The summed E-state index contributed by atoms with van der Waals surface area (Å²) in [7, 11) is 1.76. The number of aromatic nitrogens is 2. The average Bonchev–Trinajstić information content (AvgIpc) is 2.19. The molecule has 1 unspecified atom stereocenters. The largest absolute Gasteiger partial charge is 0.481 e. The summed E-state index contributed by atoms with van der Waals surface area (Å²) in [4.78, 5) is 20.2. The van der Waals surface area contributed by atoms with Crippen LogP contribution in [0.5, 0.6) is 0 Å². The van der Waals surface area contributed by atoms with Crippen LogP contribution in [0, 0.1) is 0 Å². The Morgan fingerprint density at radius 1 is 1.75 bits per heavy atom. The van der Waals surface area contributed by atoms with Crippen molar-refractivity contribution in [2.45, 2.75) is 19.4 Å². The van der Waals surface area contributed by atoms with E-state index in [-0.39, 0.29) is 17.7 Å². The third-order valence-corrected chi connectivity index (χ3v) is 2.90. The molecule has 16 heavy (non-hydrogen) atoms. The fourth-order valence-corrected chi connectivity index (χ4v) is 1.78. The van der Waals surface area contributed by atoms with Gasteiger partial charge in [-0.05, 0) is 34.5 Å². The van der Waals surface area contributed by atoms with Crippen molar-refractivity contribution in [1.82, 2.24) is 9.97 Å². The van der Waals surface area contributed by atoms with E-state index in [1.165, 1.54) is 6.20 Å². The Morgan fingerprint density at radius 3 is 2.94 bits per heavy atom. The Kier molecular flexibility index (Phi) is 4.49. The molecule has 0 fully saturated rings. The highest BCUT2D eigenvalue weighted by Crippen LogP contribution is 2.25. The first kappa shape index (κ1) is 13.2. The lowest BCUT2D eigenvalue weighted by molar-refractivity contribution is -0.137. The summed E-state index contributed by atoms with van der Waals surface area (Å²) in [5, 5.41) is 8.84. The molecule has 0 aliphatic rings. The van der Waals surface area contributed by atoms with Crippen LogP contribution in [0.2, 0.25) is 5.28 Å². The number of carboxylic acid groups (broad SMARTS) is 1. The van der Waals surface area contributed by atoms with Crippen molar-refractivity contribution in [1.29, 1.82) is 0 Å². The Bertz CT molecular complexity index is 402. The molecule has 1 atom stereocenters. The van der Waals surface area contributed by atoms with E-state index in [4.69, 9.17) is 16.7 Å². The minimum atomic E-state index is -0.851. The molecule has 0 aliphatic carbocycles.